The van der Waals surface area contributed by atoms with E-state index in [9.17, 15) is 9.90 Å². The topological polar surface area (TPSA) is 37.3 Å². The van der Waals surface area contributed by atoms with Crippen molar-refractivity contribution in [1.82, 2.24) is 0 Å². The van der Waals surface area contributed by atoms with Gasteiger partial charge in [-0.05, 0) is 11.1 Å². The summed E-state index contributed by atoms with van der Waals surface area (Å²) in [6.07, 6.45) is -0.410. The average Bonchev–Trinajstić information content (AvgIpc) is 2.15. The second-order valence-electron chi connectivity index (χ2n) is 3.25. The van der Waals surface area contributed by atoms with Gasteiger partial charge in [0.25, 0.3) is 0 Å². The average molecular weight is 174 g/mol. The van der Waals surface area contributed by atoms with E-state index in [1.54, 1.807) is 18.2 Å². The molecule has 0 aliphatic heterocycles. The molecule has 1 aliphatic rings. The van der Waals surface area contributed by atoms with Crippen molar-refractivity contribution in [1.29, 1.82) is 0 Å². The minimum Gasteiger partial charge on any atom is -0.384 e. The third-order valence-electron chi connectivity index (χ3n) is 2.33. The zero-order chi connectivity index (χ0) is 9.42. The molecule has 66 valence electrons. The molecule has 0 saturated heterocycles. The molecule has 1 atom stereocenters. The summed E-state index contributed by atoms with van der Waals surface area (Å²) in [5, 5.41) is 9.70. The Balaban J connectivity index is 2.60. The van der Waals surface area contributed by atoms with Crippen LogP contribution in [-0.4, -0.2) is 10.9 Å². The van der Waals surface area contributed by atoms with E-state index in [0.29, 0.717) is 16.7 Å². The van der Waals surface area contributed by atoms with Crippen LogP contribution in [0, 0.1) is 0 Å². The molecule has 13 heavy (non-hydrogen) atoms. The molecule has 2 rings (SSSR count). The molecule has 2 heteroatoms. The summed E-state index contributed by atoms with van der Waals surface area (Å²) in [6.45, 7) is 3.67. The minimum absolute atomic E-state index is 0.0471. The predicted octanol–water partition coefficient (Wildman–Crippen LogP) is 1.86. The van der Waals surface area contributed by atoms with Crippen molar-refractivity contribution in [3.05, 3.63) is 47.5 Å². The van der Waals surface area contributed by atoms with Gasteiger partial charge in [0.1, 0.15) is 6.10 Å². The summed E-state index contributed by atoms with van der Waals surface area (Å²) >= 11 is 0. The summed E-state index contributed by atoms with van der Waals surface area (Å²) in [6, 6.07) is 7.13. The summed E-state index contributed by atoms with van der Waals surface area (Å²) in [5.74, 6) is 0.0471. The summed E-state index contributed by atoms with van der Waals surface area (Å²) in [4.78, 5) is 11.5. The van der Waals surface area contributed by atoms with Gasteiger partial charge in [-0.15, -0.1) is 0 Å². The lowest BCUT2D eigenvalue weighted by atomic mass is 9.86. The van der Waals surface area contributed by atoms with Crippen LogP contribution in [0.5, 0.6) is 0 Å². The maximum atomic E-state index is 11.5. The van der Waals surface area contributed by atoms with Crippen molar-refractivity contribution in [2.24, 2.45) is 0 Å². The van der Waals surface area contributed by atoms with Crippen molar-refractivity contribution in [3.8, 4) is 0 Å². The van der Waals surface area contributed by atoms with Gasteiger partial charge >= 0.3 is 0 Å². The molecule has 0 bridgehead atoms. The summed E-state index contributed by atoms with van der Waals surface area (Å²) in [7, 11) is 0. The van der Waals surface area contributed by atoms with Crippen LogP contribution in [0.4, 0.5) is 0 Å². The molecule has 0 aromatic heterocycles. The Morgan fingerprint density at radius 1 is 1.38 bits per heavy atom. The third kappa shape index (κ3) is 1.19. The molecular formula is C11H10O2. The van der Waals surface area contributed by atoms with Crippen molar-refractivity contribution < 1.29 is 9.90 Å². The van der Waals surface area contributed by atoms with E-state index in [1.807, 2.05) is 6.07 Å². The second kappa shape index (κ2) is 2.82. The standard InChI is InChI=1S/C11H10O2/c1-7-6-10(12)8-4-2-3-5-9(8)11(7)13/h2-5,11,13H,1,6H2. The van der Waals surface area contributed by atoms with Gasteiger partial charge in [0.05, 0.1) is 0 Å². The maximum absolute atomic E-state index is 11.5. The number of carbonyl (C=O) groups is 1. The first-order valence-electron chi connectivity index (χ1n) is 4.18. The highest BCUT2D eigenvalue weighted by Crippen LogP contribution is 2.32. The number of hydrogen-bond acceptors (Lipinski definition) is 2. The van der Waals surface area contributed by atoms with Crippen LogP contribution in [0.25, 0.3) is 0 Å². The van der Waals surface area contributed by atoms with E-state index in [4.69, 9.17) is 0 Å². The zero-order valence-corrected chi connectivity index (χ0v) is 7.16. The lowest BCUT2D eigenvalue weighted by Crippen LogP contribution is -2.17. The normalized spacial score (nSPS) is 21.5. The molecule has 2 nitrogen and oxygen atoms in total. The van der Waals surface area contributed by atoms with E-state index in [-0.39, 0.29) is 12.2 Å². The van der Waals surface area contributed by atoms with Crippen LogP contribution in [0.3, 0.4) is 0 Å². The fourth-order valence-corrected chi connectivity index (χ4v) is 1.61. The first-order valence-corrected chi connectivity index (χ1v) is 4.18. The zero-order valence-electron chi connectivity index (χ0n) is 7.16. The molecule has 1 aromatic carbocycles. The van der Waals surface area contributed by atoms with E-state index in [2.05, 4.69) is 6.58 Å². The maximum Gasteiger partial charge on any atom is 0.167 e. The monoisotopic (exact) mass is 174 g/mol. The molecule has 1 N–H and O–H groups in total. The lowest BCUT2D eigenvalue weighted by molar-refractivity contribution is 0.0958. The summed E-state index contributed by atoms with van der Waals surface area (Å²) < 4.78 is 0. The Bertz CT molecular complexity index is 379. The molecule has 1 aromatic rings. The fourth-order valence-electron chi connectivity index (χ4n) is 1.61. The van der Waals surface area contributed by atoms with Gasteiger partial charge in [0.15, 0.2) is 5.78 Å². The highest BCUT2D eigenvalue weighted by atomic mass is 16.3. The van der Waals surface area contributed by atoms with E-state index in [0.717, 1.165) is 0 Å². The molecule has 0 amide bonds. The number of aliphatic hydroxyl groups excluding tert-OH is 1. The van der Waals surface area contributed by atoms with E-state index >= 15 is 0 Å². The minimum atomic E-state index is -0.672. The number of ketones is 1. The van der Waals surface area contributed by atoms with Gasteiger partial charge in [0, 0.05) is 12.0 Å². The highest BCUT2D eigenvalue weighted by Gasteiger charge is 2.25. The molecule has 0 spiro atoms. The number of carbonyl (C=O) groups excluding carboxylic acids is 1. The number of hydrogen-bond donors (Lipinski definition) is 1. The SMILES string of the molecule is C=C1CC(=O)c2ccccc2C1O. The van der Waals surface area contributed by atoms with Gasteiger partial charge in [0.2, 0.25) is 0 Å². The van der Waals surface area contributed by atoms with Gasteiger partial charge in [-0.1, -0.05) is 30.8 Å². The number of benzene rings is 1. The van der Waals surface area contributed by atoms with Crippen LogP contribution < -0.4 is 0 Å². The Morgan fingerprint density at radius 2 is 2.08 bits per heavy atom. The fraction of sp³-hybridized carbons (Fsp3) is 0.182. The van der Waals surface area contributed by atoms with Crippen LogP contribution in [0.15, 0.2) is 36.4 Å². The Labute approximate surface area is 76.5 Å². The van der Waals surface area contributed by atoms with Crippen molar-refractivity contribution in [3.63, 3.8) is 0 Å². The lowest BCUT2D eigenvalue weighted by Gasteiger charge is -2.22. The Morgan fingerprint density at radius 3 is 2.85 bits per heavy atom. The Kier molecular flexibility index (Phi) is 1.78. The smallest absolute Gasteiger partial charge is 0.167 e. The van der Waals surface area contributed by atoms with Gasteiger partial charge < -0.3 is 5.11 Å². The van der Waals surface area contributed by atoms with Crippen molar-refractivity contribution in [2.45, 2.75) is 12.5 Å². The van der Waals surface area contributed by atoms with Crippen molar-refractivity contribution in [2.75, 3.05) is 0 Å². The van der Waals surface area contributed by atoms with Crippen LogP contribution >= 0.6 is 0 Å². The van der Waals surface area contributed by atoms with E-state index < -0.39 is 6.10 Å². The Hall–Kier alpha value is -1.41. The molecule has 0 saturated carbocycles. The van der Waals surface area contributed by atoms with Gasteiger partial charge in [-0.2, -0.15) is 0 Å². The molecule has 0 fully saturated rings. The molecular weight excluding hydrogens is 164 g/mol. The second-order valence-corrected chi connectivity index (χ2v) is 3.25. The predicted molar refractivity (Wildman–Crippen MR) is 49.5 cm³/mol. The molecule has 0 radical (unpaired) electrons. The summed E-state index contributed by atoms with van der Waals surface area (Å²) in [5.41, 5.74) is 1.90. The van der Waals surface area contributed by atoms with Crippen molar-refractivity contribution >= 4 is 5.78 Å². The van der Waals surface area contributed by atoms with Gasteiger partial charge in [-0.25, -0.2) is 0 Å². The van der Waals surface area contributed by atoms with Crippen LogP contribution in [0.2, 0.25) is 0 Å². The number of fused-ring (bicyclic) bond motifs is 1. The number of Topliss-reactive ketones (excluding diaryl/α,β-unsaturated/α-hetero) is 1. The van der Waals surface area contributed by atoms with Gasteiger partial charge in [-0.3, -0.25) is 4.79 Å². The highest BCUT2D eigenvalue weighted by molar-refractivity contribution is 6.00. The molecule has 1 unspecified atom stereocenters. The number of rotatable bonds is 0. The first-order chi connectivity index (χ1) is 6.20. The quantitative estimate of drug-likeness (QED) is 0.609. The molecule has 1 aliphatic carbocycles. The van der Waals surface area contributed by atoms with Crippen LogP contribution in [0.1, 0.15) is 28.4 Å². The third-order valence-corrected chi connectivity index (χ3v) is 2.33. The number of aliphatic hydroxyl groups is 1. The van der Waals surface area contributed by atoms with E-state index in [1.165, 1.54) is 0 Å². The largest absolute Gasteiger partial charge is 0.384 e. The molecule has 0 heterocycles. The van der Waals surface area contributed by atoms with Crippen LogP contribution in [-0.2, 0) is 0 Å². The first kappa shape index (κ1) is 8.20.